The SMILES string of the molecule is Cn1nc(-c2cnn(-c3c(C(F)(F)F)c(C(F)(F)C(F)(F)F)nn3C)c2)cc1C(=O)NC1CC1. The van der Waals surface area contributed by atoms with Crippen LogP contribution in [-0.2, 0) is 26.2 Å². The first-order valence-electron chi connectivity index (χ1n) is 9.60. The van der Waals surface area contributed by atoms with E-state index in [0.29, 0.717) is 4.68 Å². The molecule has 1 amide bonds. The van der Waals surface area contributed by atoms with Crippen molar-refractivity contribution in [3.8, 4) is 17.1 Å². The van der Waals surface area contributed by atoms with Crippen LogP contribution in [0.5, 0.6) is 0 Å². The second-order valence-electron chi connectivity index (χ2n) is 7.70. The zero-order chi connectivity index (χ0) is 25.2. The van der Waals surface area contributed by atoms with Crippen LogP contribution < -0.4 is 5.32 Å². The number of hydrogen-bond donors (Lipinski definition) is 1. The lowest BCUT2D eigenvalue weighted by atomic mass is 10.1. The second kappa shape index (κ2) is 7.53. The molecule has 1 aliphatic rings. The van der Waals surface area contributed by atoms with E-state index in [0.717, 1.165) is 32.3 Å². The lowest BCUT2D eigenvalue weighted by Crippen LogP contribution is -2.36. The van der Waals surface area contributed by atoms with Crippen molar-refractivity contribution in [2.75, 3.05) is 0 Å². The van der Waals surface area contributed by atoms with E-state index in [9.17, 15) is 39.9 Å². The Labute approximate surface area is 185 Å². The highest BCUT2D eigenvalue weighted by Crippen LogP contribution is 2.49. The Morgan fingerprint density at radius 1 is 1.03 bits per heavy atom. The third kappa shape index (κ3) is 4.00. The van der Waals surface area contributed by atoms with Crippen molar-refractivity contribution >= 4 is 5.91 Å². The quantitative estimate of drug-likeness (QED) is 0.547. The fourth-order valence-electron chi connectivity index (χ4n) is 3.27. The number of nitrogens with one attached hydrogen (secondary N) is 1. The fourth-order valence-corrected chi connectivity index (χ4v) is 3.27. The summed E-state index contributed by atoms with van der Waals surface area (Å²) in [6, 6.07) is 1.40. The Bertz CT molecular complexity index is 1250. The molecule has 3 aromatic heterocycles. The second-order valence-corrected chi connectivity index (χ2v) is 7.70. The Morgan fingerprint density at radius 2 is 1.68 bits per heavy atom. The maximum atomic E-state index is 13.9. The van der Waals surface area contributed by atoms with E-state index in [1.165, 1.54) is 17.8 Å². The van der Waals surface area contributed by atoms with Crippen LogP contribution in [-0.4, -0.2) is 47.5 Å². The molecule has 1 fully saturated rings. The minimum Gasteiger partial charge on any atom is -0.348 e. The van der Waals surface area contributed by atoms with Crippen LogP contribution in [0.25, 0.3) is 17.1 Å². The molecule has 1 N–H and O–H groups in total. The standard InChI is InChI=1S/C18H15F8N7O/c1-31-11(14(34)28-9-3-4-9)5-10(29-31)8-6-27-33(7-8)15-12(17(21,22)23)13(30-32(15)2)16(19,20)18(24,25)26/h5-7,9H,3-4H2,1-2H3,(H,28,34). The lowest BCUT2D eigenvalue weighted by Gasteiger charge is -2.19. The number of hydrogen-bond acceptors (Lipinski definition) is 4. The van der Waals surface area contributed by atoms with Crippen molar-refractivity contribution in [3.63, 3.8) is 0 Å². The molecule has 0 bridgehead atoms. The average molecular weight is 497 g/mol. The number of carbonyl (C=O) groups is 1. The largest absolute Gasteiger partial charge is 0.459 e. The summed E-state index contributed by atoms with van der Waals surface area (Å²) < 4.78 is 109. The molecular formula is C18H15F8N7O. The molecule has 0 unspecified atom stereocenters. The third-order valence-corrected chi connectivity index (χ3v) is 5.07. The molecule has 1 saturated carbocycles. The zero-order valence-electron chi connectivity index (χ0n) is 17.3. The van der Waals surface area contributed by atoms with E-state index in [-0.39, 0.29) is 27.7 Å². The monoisotopic (exact) mass is 497 g/mol. The van der Waals surface area contributed by atoms with Crippen LogP contribution in [0.3, 0.4) is 0 Å². The van der Waals surface area contributed by atoms with Crippen LogP contribution in [0.4, 0.5) is 35.1 Å². The van der Waals surface area contributed by atoms with Gasteiger partial charge in [0.15, 0.2) is 11.5 Å². The third-order valence-electron chi connectivity index (χ3n) is 5.07. The molecule has 8 nitrogen and oxygen atoms in total. The van der Waals surface area contributed by atoms with Crippen LogP contribution in [0.2, 0.25) is 0 Å². The van der Waals surface area contributed by atoms with Crippen LogP contribution >= 0.6 is 0 Å². The van der Waals surface area contributed by atoms with Crippen molar-refractivity contribution in [3.05, 3.63) is 35.4 Å². The number of rotatable bonds is 5. The maximum Gasteiger partial charge on any atom is 0.459 e. The lowest BCUT2D eigenvalue weighted by molar-refractivity contribution is -0.292. The normalized spacial score (nSPS) is 15.1. The summed E-state index contributed by atoms with van der Waals surface area (Å²) in [7, 11) is 2.24. The Hall–Kier alpha value is -3.46. The highest BCUT2D eigenvalue weighted by Gasteiger charge is 2.64. The number of nitrogens with zero attached hydrogens (tertiary/aromatic N) is 6. The first-order valence-corrected chi connectivity index (χ1v) is 9.60. The number of halogens is 8. The van der Waals surface area contributed by atoms with Gasteiger partial charge in [-0.25, -0.2) is 9.36 Å². The van der Waals surface area contributed by atoms with Gasteiger partial charge in [0.05, 0.1) is 11.9 Å². The van der Waals surface area contributed by atoms with Gasteiger partial charge >= 0.3 is 18.3 Å². The summed E-state index contributed by atoms with van der Waals surface area (Å²) in [6.45, 7) is 0. The number of amides is 1. The molecule has 3 aromatic rings. The van der Waals surface area contributed by atoms with E-state index < -0.39 is 41.3 Å². The fraction of sp³-hybridized carbons (Fsp3) is 0.444. The topological polar surface area (TPSA) is 82.6 Å². The molecule has 0 spiro atoms. The van der Waals surface area contributed by atoms with E-state index in [4.69, 9.17) is 0 Å². The first-order chi connectivity index (χ1) is 15.6. The molecule has 4 rings (SSSR count). The maximum absolute atomic E-state index is 13.9. The predicted octanol–water partition coefficient (Wildman–Crippen LogP) is 3.57. The number of aromatic nitrogens is 6. The van der Waals surface area contributed by atoms with Crippen molar-refractivity contribution in [1.29, 1.82) is 0 Å². The predicted molar refractivity (Wildman–Crippen MR) is 98.0 cm³/mol. The van der Waals surface area contributed by atoms with Crippen LogP contribution in [0, 0.1) is 0 Å². The van der Waals surface area contributed by atoms with Gasteiger partial charge in [0, 0.05) is 31.9 Å². The van der Waals surface area contributed by atoms with Gasteiger partial charge < -0.3 is 5.32 Å². The smallest absolute Gasteiger partial charge is 0.348 e. The van der Waals surface area contributed by atoms with Crippen LogP contribution in [0.1, 0.15) is 34.6 Å². The molecule has 34 heavy (non-hydrogen) atoms. The van der Waals surface area contributed by atoms with Gasteiger partial charge in [0.2, 0.25) is 0 Å². The van der Waals surface area contributed by atoms with Gasteiger partial charge in [0.1, 0.15) is 11.3 Å². The zero-order valence-corrected chi connectivity index (χ0v) is 17.3. The van der Waals surface area contributed by atoms with Gasteiger partial charge in [-0.1, -0.05) is 0 Å². The summed E-state index contributed by atoms with van der Waals surface area (Å²) in [5.41, 5.74) is -4.42. The molecule has 16 heteroatoms. The van der Waals surface area contributed by atoms with E-state index >= 15 is 0 Å². The summed E-state index contributed by atoms with van der Waals surface area (Å²) in [4.78, 5) is 12.3. The summed E-state index contributed by atoms with van der Waals surface area (Å²) in [5.74, 6) is -7.43. The number of carbonyl (C=O) groups excluding carboxylic acids is 1. The van der Waals surface area contributed by atoms with Crippen LogP contribution in [0.15, 0.2) is 18.5 Å². The summed E-state index contributed by atoms with van der Waals surface area (Å²) in [6.07, 6.45) is -8.26. The molecule has 0 aromatic carbocycles. The van der Waals surface area contributed by atoms with E-state index in [1.807, 2.05) is 0 Å². The van der Waals surface area contributed by atoms with Crippen molar-refractivity contribution in [2.45, 2.75) is 37.2 Å². The van der Waals surface area contributed by atoms with E-state index in [2.05, 4.69) is 20.6 Å². The molecule has 184 valence electrons. The molecule has 0 atom stereocenters. The molecule has 1 aliphatic carbocycles. The van der Waals surface area contributed by atoms with Gasteiger partial charge in [-0.3, -0.25) is 9.48 Å². The molecular weight excluding hydrogens is 482 g/mol. The first kappa shape index (κ1) is 23.7. The molecule has 0 aliphatic heterocycles. The molecule has 0 radical (unpaired) electrons. The van der Waals surface area contributed by atoms with Gasteiger partial charge in [-0.15, -0.1) is 0 Å². The van der Waals surface area contributed by atoms with Crippen molar-refractivity contribution < 1.29 is 39.9 Å². The average Bonchev–Trinajstić information content (AvgIpc) is 3.10. The van der Waals surface area contributed by atoms with Crippen molar-refractivity contribution in [2.24, 2.45) is 14.1 Å². The van der Waals surface area contributed by atoms with Gasteiger partial charge in [-0.05, 0) is 18.9 Å². The number of aryl methyl sites for hydroxylation is 2. The molecule has 3 heterocycles. The van der Waals surface area contributed by atoms with Gasteiger partial charge in [-0.2, -0.15) is 50.4 Å². The Balaban J connectivity index is 1.77. The van der Waals surface area contributed by atoms with Crippen molar-refractivity contribution in [1.82, 2.24) is 34.7 Å². The van der Waals surface area contributed by atoms with Gasteiger partial charge in [0.25, 0.3) is 5.91 Å². The highest BCUT2D eigenvalue weighted by molar-refractivity contribution is 5.94. The van der Waals surface area contributed by atoms with E-state index in [1.54, 1.807) is 0 Å². The summed E-state index contributed by atoms with van der Waals surface area (Å²) in [5, 5.41) is 13.4. The Morgan fingerprint density at radius 3 is 2.24 bits per heavy atom. The minimum atomic E-state index is -6.31. The number of alkyl halides is 8. The molecule has 0 saturated heterocycles. The summed E-state index contributed by atoms with van der Waals surface area (Å²) >= 11 is 0. The highest BCUT2D eigenvalue weighted by atomic mass is 19.4. The minimum absolute atomic E-state index is 0.0586. The Kier molecular flexibility index (Phi) is 5.24.